The summed E-state index contributed by atoms with van der Waals surface area (Å²) < 4.78 is 62.2. The molecule has 0 bridgehead atoms. The van der Waals surface area contributed by atoms with E-state index in [0.717, 1.165) is 3.97 Å². The highest BCUT2D eigenvalue weighted by molar-refractivity contribution is 9.10. The van der Waals surface area contributed by atoms with Crippen LogP contribution in [0.5, 0.6) is 0 Å². The van der Waals surface area contributed by atoms with Crippen LogP contribution < -0.4 is 4.72 Å². The molecule has 10 heteroatoms. The molecule has 0 spiro atoms. The van der Waals surface area contributed by atoms with Gasteiger partial charge in [0, 0.05) is 35.3 Å². The number of sulfonamides is 1. The molecule has 1 aromatic heterocycles. The zero-order valence-electron chi connectivity index (χ0n) is 15.3. The van der Waals surface area contributed by atoms with Gasteiger partial charge in [-0.15, -0.1) is 0 Å². The van der Waals surface area contributed by atoms with Crippen LogP contribution in [0.3, 0.4) is 0 Å². The van der Waals surface area contributed by atoms with E-state index in [2.05, 4.69) is 20.7 Å². The van der Waals surface area contributed by atoms with E-state index in [4.69, 9.17) is 4.74 Å². The highest BCUT2D eigenvalue weighted by Crippen LogP contribution is 2.34. The van der Waals surface area contributed by atoms with Crippen molar-refractivity contribution in [2.75, 3.05) is 13.2 Å². The quantitative estimate of drug-likeness (QED) is 0.583. The third-order valence-corrected chi connectivity index (χ3v) is 8.72. The zero-order valence-corrected chi connectivity index (χ0v) is 18.5. The second-order valence-electron chi connectivity index (χ2n) is 6.75. The molecule has 154 valence electrons. The summed E-state index contributed by atoms with van der Waals surface area (Å²) in [5.41, 5.74) is 0.288. The molecular formula is C19H19BrN2O5S2. The van der Waals surface area contributed by atoms with Crippen molar-refractivity contribution in [2.45, 2.75) is 28.7 Å². The lowest BCUT2D eigenvalue weighted by atomic mass is 10.1. The summed E-state index contributed by atoms with van der Waals surface area (Å²) in [6.07, 6.45) is 2.32. The van der Waals surface area contributed by atoms with Crippen molar-refractivity contribution in [1.82, 2.24) is 8.69 Å². The Bertz CT molecular complexity index is 1250. The molecule has 2 heterocycles. The molecule has 1 fully saturated rings. The van der Waals surface area contributed by atoms with Gasteiger partial charge in [-0.3, -0.25) is 0 Å². The first-order chi connectivity index (χ1) is 13.8. The van der Waals surface area contributed by atoms with E-state index in [1.54, 1.807) is 36.4 Å². The predicted octanol–water partition coefficient (Wildman–Crippen LogP) is 3.10. The van der Waals surface area contributed by atoms with Crippen molar-refractivity contribution < 1.29 is 21.6 Å². The molecule has 7 nitrogen and oxygen atoms in total. The van der Waals surface area contributed by atoms with E-state index in [0.29, 0.717) is 35.9 Å². The largest absolute Gasteiger partial charge is 0.381 e. The fourth-order valence-corrected chi connectivity index (χ4v) is 7.07. The molecule has 0 atom stereocenters. The topological polar surface area (TPSA) is 94.5 Å². The number of fused-ring (bicyclic) bond motifs is 1. The van der Waals surface area contributed by atoms with Gasteiger partial charge in [-0.05, 0) is 37.1 Å². The second kappa shape index (κ2) is 7.84. The third kappa shape index (κ3) is 3.87. The Hall–Kier alpha value is -1.72. The Labute approximate surface area is 177 Å². The maximum Gasteiger partial charge on any atom is 0.268 e. The van der Waals surface area contributed by atoms with Crippen LogP contribution in [-0.2, 0) is 24.8 Å². The Morgan fingerprint density at radius 1 is 0.966 bits per heavy atom. The van der Waals surface area contributed by atoms with E-state index in [1.165, 1.54) is 18.3 Å². The van der Waals surface area contributed by atoms with E-state index in [9.17, 15) is 16.8 Å². The molecule has 1 saturated heterocycles. The summed E-state index contributed by atoms with van der Waals surface area (Å²) in [6.45, 7) is 0.974. The first kappa shape index (κ1) is 20.5. The highest BCUT2D eigenvalue weighted by atomic mass is 79.9. The summed E-state index contributed by atoms with van der Waals surface area (Å²) in [4.78, 5) is 0.00387. The molecule has 0 saturated carbocycles. The van der Waals surface area contributed by atoms with Gasteiger partial charge in [0.15, 0.2) is 0 Å². The van der Waals surface area contributed by atoms with E-state index in [1.807, 2.05) is 0 Å². The summed E-state index contributed by atoms with van der Waals surface area (Å²) in [5, 5.41) is 0.326. The minimum absolute atomic E-state index is 0.0778. The Morgan fingerprint density at radius 2 is 1.66 bits per heavy atom. The fourth-order valence-electron chi connectivity index (χ4n) is 3.39. The summed E-state index contributed by atoms with van der Waals surface area (Å²) in [5.74, 6) is 0. The smallest absolute Gasteiger partial charge is 0.268 e. The molecule has 1 N–H and O–H groups in total. The van der Waals surface area contributed by atoms with Gasteiger partial charge >= 0.3 is 0 Å². The van der Waals surface area contributed by atoms with Crippen molar-refractivity contribution in [3.63, 3.8) is 0 Å². The number of nitrogens with zero attached hydrogens (tertiary/aromatic N) is 1. The molecule has 0 aliphatic carbocycles. The van der Waals surface area contributed by atoms with Crippen LogP contribution >= 0.6 is 15.9 Å². The SMILES string of the molecule is O=S(=O)(NC1CCOCC1)c1cn(S(=O)(=O)c2ccccc2)c2cccc(Br)c12. The lowest BCUT2D eigenvalue weighted by Crippen LogP contribution is -2.38. The van der Waals surface area contributed by atoms with Crippen LogP contribution in [0.15, 0.2) is 69.0 Å². The lowest BCUT2D eigenvalue weighted by molar-refractivity contribution is 0.0832. The van der Waals surface area contributed by atoms with E-state index < -0.39 is 20.0 Å². The standard InChI is InChI=1S/C19H19BrN2O5S2/c20-16-7-4-8-17-19(16)18(28(23,24)21-14-9-11-27-12-10-14)13-22(17)29(25,26)15-5-2-1-3-6-15/h1-8,13-14,21H,9-12H2. The monoisotopic (exact) mass is 498 g/mol. The summed E-state index contributed by atoms with van der Waals surface area (Å²) in [7, 11) is -7.92. The average Bonchev–Trinajstić information content (AvgIpc) is 3.12. The Morgan fingerprint density at radius 3 is 2.34 bits per heavy atom. The summed E-state index contributed by atoms with van der Waals surface area (Å²) >= 11 is 3.38. The van der Waals surface area contributed by atoms with Gasteiger partial charge < -0.3 is 4.74 Å². The van der Waals surface area contributed by atoms with Crippen molar-refractivity contribution >= 4 is 46.9 Å². The maximum atomic E-state index is 13.2. The van der Waals surface area contributed by atoms with E-state index >= 15 is 0 Å². The second-order valence-corrected chi connectivity index (χ2v) is 11.1. The minimum Gasteiger partial charge on any atom is -0.381 e. The molecular weight excluding hydrogens is 480 g/mol. The first-order valence-corrected chi connectivity index (χ1v) is 12.7. The maximum absolute atomic E-state index is 13.2. The molecule has 3 aromatic rings. The Balaban J connectivity index is 1.88. The van der Waals surface area contributed by atoms with E-state index in [-0.39, 0.29) is 21.3 Å². The van der Waals surface area contributed by atoms with Crippen molar-refractivity contribution in [1.29, 1.82) is 0 Å². The van der Waals surface area contributed by atoms with Gasteiger partial charge in [0.25, 0.3) is 10.0 Å². The third-order valence-electron chi connectivity index (χ3n) is 4.84. The number of hydrogen-bond acceptors (Lipinski definition) is 5. The van der Waals surface area contributed by atoms with Gasteiger partial charge in [-0.2, -0.15) is 0 Å². The van der Waals surface area contributed by atoms with Crippen LogP contribution in [0, 0.1) is 0 Å². The van der Waals surface area contributed by atoms with Gasteiger partial charge in [0.2, 0.25) is 10.0 Å². The molecule has 4 rings (SSSR count). The number of aromatic nitrogens is 1. The normalized spacial score (nSPS) is 16.3. The Kier molecular flexibility index (Phi) is 5.56. The zero-order chi connectivity index (χ0) is 20.6. The highest BCUT2D eigenvalue weighted by Gasteiger charge is 2.30. The van der Waals surface area contributed by atoms with Gasteiger partial charge in [0.1, 0.15) is 4.90 Å². The van der Waals surface area contributed by atoms with Gasteiger partial charge in [-0.1, -0.05) is 40.2 Å². The molecule has 29 heavy (non-hydrogen) atoms. The van der Waals surface area contributed by atoms with Crippen LogP contribution in [0.2, 0.25) is 0 Å². The average molecular weight is 499 g/mol. The molecule has 2 aromatic carbocycles. The molecule has 1 aliphatic heterocycles. The number of benzene rings is 2. The first-order valence-electron chi connectivity index (χ1n) is 9.01. The van der Waals surface area contributed by atoms with Gasteiger partial charge in [-0.25, -0.2) is 25.5 Å². The summed E-state index contributed by atoms with van der Waals surface area (Å²) in [6, 6.07) is 12.6. The number of nitrogens with one attached hydrogen (secondary N) is 1. The van der Waals surface area contributed by atoms with Crippen LogP contribution in [0.25, 0.3) is 10.9 Å². The van der Waals surface area contributed by atoms with Crippen LogP contribution in [0.1, 0.15) is 12.8 Å². The van der Waals surface area contributed by atoms with Gasteiger partial charge in [0.05, 0.1) is 10.4 Å². The lowest BCUT2D eigenvalue weighted by Gasteiger charge is -2.22. The van der Waals surface area contributed by atoms with Crippen LogP contribution in [0.4, 0.5) is 0 Å². The number of halogens is 1. The van der Waals surface area contributed by atoms with Crippen LogP contribution in [-0.4, -0.2) is 40.1 Å². The molecule has 0 unspecified atom stereocenters. The molecule has 0 amide bonds. The minimum atomic E-state index is -3.97. The molecule has 0 radical (unpaired) electrons. The predicted molar refractivity (Wildman–Crippen MR) is 113 cm³/mol. The molecule has 1 aliphatic rings. The van der Waals surface area contributed by atoms with Crippen molar-refractivity contribution in [3.05, 3.63) is 59.2 Å². The van der Waals surface area contributed by atoms with Crippen molar-refractivity contribution in [2.24, 2.45) is 0 Å². The number of hydrogen-bond donors (Lipinski definition) is 1. The van der Waals surface area contributed by atoms with Crippen molar-refractivity contribution in [3.8, 4) is 0 Å². The fraction of sp³-hybridized carbons (Fsp3) is 0.263. The number of ether oxygens (including phenoxy) is 1. The number of rotatable bonds is 5.